The number of para-hydroxylation sites is 2. The summed E-state index contributed by atoms with van der Waals surface area (Å²) in [6.07, 6.45) is 0. The van der Waals surface area contributed by atoms with Crippen molar-refractivity contribution in [2.45, 2.75) is 0 Å². The van der Waals surface area contributed by atoms with Crippen LogP contribution in [0.4, 0.5) is 34.1 Å². The van der Waals surface area contributed by atoms with Crippen molar-refractivity contribution in [3.05, 3.63) is 352 Å². The van der Waals surface area contributed by atoms with Gasteiger partial charge in [0.25, 0.3) is 0 Å². The van der Waals surface area contributed by atoms with E-state index < -0.39 is 13.3 Å². The fourth-order valence-electron chi connectivity index (χ4n) is 14.1. The molecule has 1 spiro atoms. The normalized spacial score (nSPS) is 12.6. The summed E-state index contributed by atoms with van der Waals surface area (Å²) in [5, 5.41) is 0. The predicted octanol–water partition coefficient (Wildman–Crippen LogP) is 20.0. The van der Waals surface area contributed by atoms with Crippen LogP contribution in [0.2, 0.25) is 0 Å². The van der Waals surface area contributed by atoms with Crippen LogP contribution in [0.1, 0.15) is 0 Å². The second kappa shape index (κ2) is 22.0. The molecule has 14 aromatic rings. The van der Waals surface area contributed by atoms with Crippen molar-refractivity contribution in [1.82, 2.24) is 0 Å². The van der Waals surface area contributed by atoms with Crippen molar-refractivity contribution < 1.29 is 0 Å². The molecule has 2 aliphatic heterocycles. The van der Waals surface area contributed by atoms with Crippen LogP contribution in [0.5, 0.6) is 0 Å². The molecule has 2 heterocycles. The minimum atomic E-state index is -4.69. The molecule has 0 amide bonds. The molecule has 0 N–H and O–H groups in total. The fourth-order valence-corrected chi connectivity index (χ4v) is 25.7. The zero-order chi connectivity index (χ0) is 57.7. The average Bonchev–Trinajstić information content (AvgIpc) is 0.689. The number of hydrogen-bond donors (Lipinski definition) is 0. The molecule has 0 fully saturated rings. The third-order valence-electron chi connectivity index (χ3n) is 17.9. The average molecular weight is 1170 g/mol. The summed E-state index contributed by atoms with van der Waals surface area (Å²) in [6, 6.07) is 132. The van der Waals surface area contributed by atoms with Crippen molar-refractivity contribution >= 4 is 65.0 Å². The van der Waals surface area contributed by atoms with E-state index in [4.69, 9.17) is 0 Å². The molecule has 0 bridgehead atoms. The number of rotatable bonds is 10. The van der Waals surface area contributed by atoms with Crippen molar-refractivity contribution in [3.8, 4) is 89.0 Å². The molecule has 0 aromatic heterocycles. The fraction of sp³-hybridized carbons (Fsp3) is 0. The van der Waals surface area contributed by atoms with Gasteiger partial charge in [-0.1, -0.05) is 0 Å². The van der Waals surface area contributed by atoms with E-state index in [1.165, 1.54) is 129 Å². The Balaban J connectivity index is 1.10. The molecule has 0 unspecified atom stereocenters. The first kappa shape index (κ1) is 51.8. The maximum absolute atomic E-state index is 4.69. The number of benzene rings is 14. The maximum atomic E-state index is 2.64. The topological polar surface area (TPSA) is 6.48 Å². The van der Waals surface area contributed by atoms with Crippen LogP contribution in [0.3, 0.4) is 0 Å². The minimum absolute atomic E-state index is 1.12. The van der Waals surface area contributed by atoms with E-state index in [-0.39, 0.29) is 0 Å². The first-order valence-electron chi connectivity index (χ1n) is 30.1. The Labute approximate surface area is 512 Å². The van der Waals surface area contributed by atoms with Gasteiger partial charge >= 0.3 is 516 Å². The van der Waals surface area contributed by atoms with Crippen molar-refractivity contribution in [2.24, 2.45) is 0 Å². The molecular weight excluding hydrogens is 1110 g/mol. The van der Waals surface area contributed by atoms with Gasteiger partial charge in [-0.15, -0.1) is 0 Å². The molecule has 0 saturated carbocycles. The van der Waals surface area contributed by atoms with Crippen LogP contribution < -0.4 is 27.4 Å². The molecule has 14 aromatic carbocycles. The third-order valence-corrected chi connectivity index (χ3v) is 28.0. The standard InChI is InChI=1S/C84H58GeN2/c1-7-27-59(28-8-1)69-39-19-23-43-73(69)63-47-51-81-77(55-63)85(78-56-64(48-52-82(78)86(81)67-35-15-5-16-36-67)74-44-24-20-40-70(74)60-29-9-2-10-30-60)79-57-65(75-45-25-21-41-71(75)61-31-11-3-12-32-61)49-53-83(79)87(68-37-17-6-18-38-68)84-54-50-66(58-80(84)85)76-46-26-22-42-72(76)62-33-13-4-14-34-62/h1-58H. The van der Waals surface area contributed by atoms with E-state index in [1.807, 2.05) is 0 Å². The van der Waals surface area contributed by atoms with E-state index in [0.29, 0.717) is 0 Å². The Morgan fingerprint density at radius 2 is 0.345 bits per heavy atom. The summed E-state index contributed by atoms with van der Waals surface area (Å²) in [5.74, 6) is 0. The quantitative estimate of drug-likeness (QED) is 0.126. The number of fused-ring (bicyclic) bond motifs is 8. The van der Waals surface area contributed by atoms with Gasteiger partial charge in [-0.25, -0.2) is 0 Å². The van der Waals surface area contributed by atoms with Gasteiger partial charge in [0.1, 0.15) is 0 Å². The molecule has 0 aliphatic carbocycles. The van der Waals surface area contributed by atoms with Gasteiger partial charge in [0, 0.05) is 0 Å². The third kappa shape index (κ3) is 8.87. The van der Waals surface area contributed by atoms with Gasteiger partial charge in [0.15, 0.2) is 0 Å². The molecule has 2 nitrogen and oxygen atoms in total. The second-order valence-corrected chi connectivity index (χ2v) is 30.3. The molecule has 16 rings (SSSR count). The van der Waals surface area contributed by atoms with Crippen molar-refractivity contribution in [1.29, 1.82) is 0 Å². The molecule has 408 valence electrons. The van der Waals surface area contributed by atoms with Crippen molar-refractivity contribution in [3.63, 3.8) is 0 Å². The molecule has 0 saturated heterocycles. The van der Waals surface area contributed by atoms with Gasteiger partial charge in [0.2, 0.25) is 0 Å². The number of nitrogens with zero attached hydrogens (tertiary/aromatic N) is 2. The molecule has 2 aliphatic rings. The molecule has 0 radical (unpaired) electrons. The van der Waals surface area contributed by atoms with Gasteiger partial charge < -0.3 is 0 Å². The van der Waals surface area contributed by atoms with Crippen LogP contribution >= 0.6 is 0 Å². The summed E-state index contributed by atoms with van der Waals surface area (Å²) in [4.78, 5) is 5.15. The second-order valence-electron chi connectivity index (χ2n) is 22.7. The zero-order valence-electron chi connectivity index (χ0n) is 47.9. The Morgan fingerprint density at radius 3 is 0.563 bits per heavy atom. The Bertz CT molecular complexity index is 4270. The Morgan fingerprint density at radius 1 is 0.161 bits per heavy atom. The Hall–Kier alpha value is -10.8. The molecule has 3 heteroatoms. The Kier molecular flexibility index (Phi) is 13.1. The van der Waals surface area contributed by atoms with Crippen LogP contribution in [0.25, 0.3) is 89.0 Å². The molecule has 87 heavy (non-hydrogen) atoms. The first-order valence-corrected chi connectivity index (χ1v) is 34.3. The van der Waals surface area contributed by atoms with Crippen LogP contribution in [-0.2, 0) is 0 Å². The van der Waals surface area contributed by atoms with Gasteiger partial charge in [-0.2, -0.15) is 0 Å². The molecule has 0 atom stereocenters. The van der Waals surface area contributed by atoms with E-state index >= 15 is 0 Å². The zero-order valence-corrected chi connectivity index (χ0v) is 50.0. The van der Waals surface area contributed by atoms with Crippen LogP contribution in [-0.4, -0.2) is 13.3 Å². The summed E-state index contributed by atoms with van der Waals surface area (Å²) >= 11 is -4.69. The summed E-state index contributed by atoms with van der Waals surface area (Å²) in [7, 11) is 0. The van der Waals surface area contributed by atoms with E-state index in [2.05, 4.69) is 362 Å². The van der Waals surface area contributed by atoms with E-state index in [1.54, 1.807) is 0 Å². The van der Waals surface area contributed by atoms with Gasteiger partial charge in [0.05, 0.1) is 0 Å². The first-order chi connectivity index (χ1) is 43.2. The van der Waals surface area contributed by atoms with Crippen molar-refractivity contribution in [2.75, 3.05) is 9.80 Å². The number of hydrogen-bond acceptors (Lipinski definition) is 2. The van der Waals surface area contributed by atoms with E-state index in [0.717, 1.165) is 11.4 Å². The summed E-state index contributed by atoms with van der Waals surface area (Å²) in [6.45, 7) is 0. The summed E-state index contributed by atoms with van der Waals surface area (Å²) in [5.41, 5.74) is 26.1. The van der Waals surface area contributed by atoms with Gasteiger partial charge in [-0.3, -0.25) is 0 Å². The molecular formula is C84H58GeN2. The van der Waals surface area contributed by atoms with Gasteiger partial charge in [-0.05, 0) is 0 Å². The van der Waals surface area contributed by atoms with Crippen LogP contribution in [0.15, 0.2) is 352 Å². The summed E-state index contributed by atoms with van der Waals surface area (Å²) < 4.78 is 5.49. The SMILES string of the molecule is c1ccc(-c2ccccc2-c2ccc3[c](c2)[Ge]2([c]4cc(-c5ccccc5-c5ccccc5)ccc4N3c3ccccc3)[c]3cc(-c4ccccc4-c4ccccc4)ccc3N(c3ccccc3)c3ccc(-c4ccccc4-c4ccccc4)c[c]32)cc1. The van der Waals surface area contributed by atoms with Crippen LogP contribution in [0, 0.1) is 0 Å². The van der Waals surface area contributed by atoms with E-state index in [9.17, 15) is 0 Å². The predicted molar refractivity (Wildman–Crippen MR) is 370 cm³/mol. The number of anilines is 6. The monoisotopic (exact) mass is 1170 g/mol.